The minimum Gasteiger partial charge on any atom is -0.478 e. The van der Waals surface area contributed by atoms with Crippen LogP contribution in [0.3, 0.4) is 0 Å². The molecular formula is C22H24O8S2. The molecule has 0 atom stereocenters. The largest absolute Gasteiger partial charge is 0.478 e. The molecule has 1 aromatic heterocycles. The molecule has 0 aliphatic carbocycles. The van der Waals surface area contributed by atoms with Crippen molar-refractivity contribution in [3.63, 3.8) is 0 Å². The number of carbonyl (C=O) groups is 1. The average Bonchev–Trinajstić information content (AvgIpc) is 2.75. The second-order valence-electron chi connectivity index (χ2n) is 7.59. The SMILES string of the molecule is CCCCS(=O)(=O)c1cc(S(=O)(=O)CCCC)c2oc3ccc(C(=O)O)cc3c(=O)c2c1. The predicted octanol–water partition coefficient (Wildman–Crippen LogP) is 3.79. The summed E-state index contributed by atoms with van der Waals surface area (Å²) in [5.41, 5.74) is -1.05. The minimum absolute atomic E-state index is 0.0148. The van der Waals surface area contributed by atoms with Gasteiger partial charge in [0, 0.05) is 0 Å². The number of hydrogen-bond donors (Lipinski definition) is 1. The van der Waals surface area contributed by atoms with Gasteiger partial charge in [-0.3, -0.25) is 4.79 Å². The highest BCUT2D eigenvalue weighted by atomic mass is 32.2. The first-order valence-corrected chi connectivity index (χ1v) is 13.6. The maximum atomic E-state index is 13.2. The van der Waals surface area contributed by atoms with E-state index in [1.54, 1.807) is 0 Å². The normalized spacial score (nSPS) is 12.4. The number of carboxylic acid groups (broad SMARTS) is 1. The molecule has 32 heavy (non-hydrogen) atoms. The maximum Gasteiger partial charge on any atom is 0.335 e. The number of hydrogen-bond acceptors (Lipinski definition) is 7. The number of benzene rings is 2. The van der Waals surface area contributed by atoms with E-state index in [1.165, 1.54) is 12.1 Å². The van der Waals surface area contributed by atoms with E-state index in [2.05, 4.69) is 0 Å². The van der Waals surface area contributed by atoms with E-state index < -0.39 is 31.1 Å². The molecule has 0 aliphatic heterocycles. The summed E-state index contributed by atoms with van der Waals surface area (Å²) in [6, 6.07) is 5.85. The third-order valence-electron chi connectivity index (χ3n) is 5.18. The van der Waals surface area contributed by atoms with Crippen molar-refractivity contribution in [3.8, 4) is 0 Å². The zero-order chi connectivity index (χ0) is 23.7. The van der Waals surface area contributed by atoms with E-state index in [9.17, 15) is 31.5 Å². The topological polar surface area (TPSA) is 136 Å². The van der Waals surface area contributed by atoms with Crippen LogP contribution in [-0.4, -0.2) is 39.4 Å². The number of unbranched alkanes of at least 4 members (excludes halogenated alkanes) is 2. The molecule has 0 fully saturated rings. The summed E-state index contributed by atoms with van der Waals surface area (Å²) in [5.74, 6) is -1.66. The Morgan fingerprint density at radius 2 is 1.53 bits per heavy atom. The summed E-state index contributed by atoms with van der Waals surface area (Å²) in [4.78, 5) is 23.9. The van der Waals surface area contributed by atoms with Crippen molar-refractivity contribution < 1.29 is 31.2 Å². The Balaban J connectivity index is 2.43. The van der Waals surface area contributed by atoms with Gasteiger partial charge in [0.15, 0.2) is 25.3 Å². The molecule has 1 heterocycles. The molecule has 172 valence electrons. The van der Waals surface area contributed by atoms with Gasteiger partial charge in [0.2, 0.25) is 5.43 Å². The highest BCUT2D eigenvalue weighted by Gasteiger charge is 2.26. The Kier molecular flexibility index (Phi) is 6.75. The first-order chi connectivity index (χ1) is 15.0. The van der Waals surface area contributed by atoms with Crippen LogP contribution in [0.15, 0.2) is 49.3 Å². The Bertz CT molecular complexity index is 1470. The lowest BCUT2D eigenvalue weighted by atomic mass is 10.1. The zero-order valence-electron chi connectivity index (χ0n) is 17.8. The third kappa shape index (κ3) is 4.56. The summed E-state index contributed by atoms with van der Waals surface area (Å²) < 4.78 is 57.5. The van der Waals surface area contributed by atoms with Gasteiger partial charge in [0.25, 0.3) is 0 Å². The van der Waals surface area contributed by atoms with Crippen molar-refractivity contribution in [2.24, 2.45) is 0 Å². The molecule has 0 radical (unpaired) electrons. The van der Waals surface area contributed by atoms with Crippen LogP contribution in [0.4, 0.5) is 0 Å². The molecule has 0 bridgehead atoms. The monoisotopic (exact) mass is 480 g/mol. The van der Waals surface area contributed by atoms with E-state index in [4.69, 9.17) is 4.42 Å². The lowest BCUT2D eigenvalue weighted by Crippen LogP contribution is -2.14. The summed E-state index contributed by atoms with van der Waals surface area (Å²) >= 11 is 0. The number of aromatic carboxylic acids is 1. The van der Waals surface area contributed by atoms with Crippen LogP contribution < -0.4 is 5.43 Å². The van der Waals surface area contributed by atoms with E-state index >= 15 is 0 Å². The molecular weight excluding hydrogens is 456 g/mol. The fourth-order valence-electron chi connectivity index (χ4n) is 3.34. The predicted molar refractivity (Wildman–Crippen MR) is 121 cm³/mol. The summed E-state index contributed by atoms with van der Waals surface area (Å²) in [6.45, 7) is 3.66. The molecule has 3 rings (SSSR count). The van der Waals surface area contributed by atoms with Crippen molar-refractivity contribution in [2.45, 2.75) is 49.3 Å². The van der Waals surface area contributed by atoms with Gasteiger partial charge < -0.3 is 9.52 Å². The standard InChI is InChI=1S/C22H24O8S2/c1-3-5-9-31(26,27)15-12-17-20(23)16-11-14(22(24)25)7-8-18(16)30-21(17)19(13-15)32(28,29)10-6-4-2/h7-8,11-13H,3-6,9-10H2,1-2H3,(H,24,25). The van der Waals surface area contributed by atoms with E-state index in [1.807, 2.05) is 13.8 Å². The summed E-state index contributed by atoms with van der Waals surface area (Å²) in [6.07, 6.45) is 1.97. The Morgan fingerprint density at radius 1 is 0.906 bits per heavy atom. The fourth-order valence-corrected chi connectivity index (χ4v) is 6.55. The fraction of sp³-hybridized carbons (Fsp3) is 0.364. The zero-order valence-corrected chi connectivity index (χ0v) is 19.4. The van der Waals surface area contributed by atoms with Gasteiger partial charge in [0.1, 0.15) is 10.5 Å². The molecule has 0 unspecified atom stereocenters. The van der Waals surface area contributed by atoms with Crippen molar-refractivity contribution >= 4 is 47.6 Å². The van der Waals surface area contributed by atoms with Gasteiger partial charge in [-0.05, 0) is 43.2 Å². The lowest BCUT2D eigenvalue weighted by molar-refractivity contribution is 0.0697. The van der Waals surface area contributed by atoms with Gasteiger partial charge >= 0.3 is 5.97 Å². The van der Waals surface area contributed by atoms with Crippen molar-refractivity contribution in [2.75, 3.05) is 11.5 Å². The first kappa shape index (κ1) is 23.9. The molecule has 10 heteroatoms. The van der Waals surface area contributed by atoms with Crippen LogP contribution in [0, 0.1) is 0 Å². The molecule has 3 aromatic rings. The summed E-state index contributed by atoms with van der Waals surface area (Å²) in [5, 5.41) is 8.94. The highest BCUT2D eigenvalue weighted by Crippen LogP contribution is 2.30. The summed E-state index contributed by atoms with van der Waals surface area (Å²) in [7, 11) is -7.80. The smallest absolute Gasteiger partial charge is 0.335 e. The average molecular weight is 481 g/mol. The number of sulfone groups is 2. The van der Waals surface area contributed by atoms with Crippen LogP contribution in [0.25, 0.3) is 21.9 Å². The van der Waals surface area contributed by atoms with E-state index in [-0.39, 0.29) is 48.8 Å². The van der Waals surface area contributed by atoms with Gasteiger partial charge in [0.05, 0.1) is 32.7 Å². The van der Waals surface area contributed by atoms with Crippen LogP contribution in [-0.2, 0) is 19.7 Å². The molecule has 0 saturated carbocycles. The lowest BCUT2D eigenvalue weighted by Gasteiger charge is -2.12. The van der Waals surface area contributed by atoms with Crippen LogP contribution >= 0.6 is 0 Å². The maximum absolute atomic E-state index is 13.2. The molecule has 0 spiro atoms. The van der Waals surface area contributed by atoms with E-state index in [0.717, 1.165) is 18.2 Å². The van der Waals surface area contributed by atoms with Gasteiger partial charge in [-0.25, -0.2) is 21.6 Å². The van der Waals surface area contributed by atoms with Gasteiger partial charge in [-0.2, -0.15) is 0 Å². The minimum atomic E-state index is -3.95. The van der Waals surface area contributed by atoms with Gasteiger partial charge in [-0.1, -0.05) is 26.7 Å². The van der Waals surface area contributed by atoms with Crippen LogP contribution in [0.5, 0.6) is 0 Å². The van der Waals surface area contributed by atoms with Crippen molar-refractivity contribution in [1.82, 2.24) is 0 Å². The van der Waals surface area contributed by atoms with Crippen molar-refractivity contribution in [3.05, 3.63) is 46.1 Å². The Morgan fingerprint density at radius 3 is 2.12 bits per heavy atom. The van der Waals surface area contributed by atoms with Crippen LogP contribution in [0.1, 0.15) is 49.9 Å². The highest BCUT2D eigenvalue weighted by molar-refractivity contribution is 7.92. The van der Waals surface area contributed by atoms with Crippen LogP contribution in [0.2, 0.25) is 0 Å². The second-order valence-corrected chi connectivity index (χ2v) is 11.8. The second kappa shape index (κ2) is 9.03. The molecule has 0 aliphatic rings. The number of carboxylic acids is 1. The molecule has 0 saturated heterocycles. The quantitative estimate of drug-likeness (QED) is 0.457. The third-order valence-corrected chi connectivity index (χ3v) is 8.76. The Hall–Kier alpha value is -2.72. The number of fused-ring (bicyclic) bond motifs is 2. The van der Waals surface area contributed by atoms with Gasteiger partial charge in [-0.15, -0.1) is 0 Å². The molecule has 1 N–H and O–H groups in total. The Labute approximate surface area is 185 Å². The molecule has 8 nitrogen and oxygen atoms in total. The number of rotatable bonds is 9. The van der Waals surface area contributed by atoms with Crippen molar-refractivity contribution in [1.29, 1.82) is 0 Å². The van der Waals surface area contributed by atoms with E-state index in [0.29, 0.717) is 25.7 Å². The molecule has 0 amide bonds. The molecule has 2 aromatic carbocycles. The first-order valence-electron chi connectivity index (χ1n) is 10.2.